The minimum absolute atomic E-state index is 0.0968. The van der Waals surface area contributed by atoms with E-state index >= 15 is 0 Å². The van der Waals surface area contributed by atoms with Crippen LogP contribution in [0.15, 0.2) is 48.5 Å². The number of nitrogens with zero attached hydrogens (tertiary/aromatic N) is 1. The summed E-state index contributed by atoms with van der Waals surface area (Å²) in [5, 5.41) is 9.38. The molecule has 0 fully saturated rings. The van der Waals surface area contributed by atoms with Crippen LogP contribution >= 0.6 is 0 Å². The fourth-order valence-corrected chi connectivity index (χ4v) is 2.63. The number of ketones is 1. The molecule has 1 N–H and O–H groups in total. The summed E-state index contributed by atoms with van der Waals surface area (Å²) in [6.45, 7) is 0.834. The molecule has 0 unspecified atom stereocenters. The van der Waals surface area contributed by atoms with Crippen LogP contribution in [-0.2, 0) is 18.9 Å². The molecular formula is C19H15F6NO3. The van der Waals surface area contributed by atoms with E-state index in [0.29, 0.717) is 10.5 Å². The lowest BCUT2D eigenvalue weighted by Crippen LogP contribution is -2.42. The van der Waals surface area contributed by atoms with Crippen molar-refractivity contribution in [3.05, 3.63) is 70.8 Å². The molecule has 0 saturated heterocycles. The van der Waals surface area contributed by atoms with E-state index in [1.54, 1.807) is 30.3 Å². The Kier molecular flexibility index (Phi) is 6.24. The first-order chi connectivity index (χ1) is 13.3. The Morgan fingerprint density at radius 3 is 1.83 bits per heavy atom. The van der Waals surface area contributed by atoms with Crippen LogP contribution in [-0.4, -0.2) is 27.9 Å². The Balaban J connectivity index is 2.44. The van der Waals surface area contributed by atoms with Crippen LogP contribution < -0.4 is 0 Å². The quantitative estimate of drug-likeness (QED) is 0.516. The van der Waals surface area contributed by atoms with Gasteiger partial charge in [-0.3, -0.25) is 9.69 Å². The summed E-state index contributed by atoms with van der Waals surface area (Å²) in [7, 11) is 0. The monoisotopic (exact) mass is 419 g/mol. The van der Waals surface area contributed by atoms with Crippen LogP contribution in [0, 0.1) is 0 Å². The molecule has 0 aliphatic carbocycles. The molecule has 0 aliphatic rings. The van der Waals surface area contributed by atoms with Crippen molar-refractivity contribution in [1.29, 1.82) is 0 Å². The maximum Gasteiger partial charge on any atom is 0.416 e. The van der Waals surface area contributed by atoms with Crippen molar-refractivity contribution in [3.8, 4) is 0 Å². The Morgan fingerprint density at radius 2 is 1.41 bits per heavy atom. The van der Waals surface area contributed by atoms with Gasteiger partial charge in [-0.15, -0.1) is 0 Å². The number of hydrogen-bond donors (Lipinski definition) is 1. The molecule has 0 aromatic heterocycles. The van der Waals surface area contributed by atoms with Gasteiger partial charge in [0.25, 0.3) is 0 Å². The normalized spacial score (nSPS) is 13.1. The standard InChI is InChI=1S/C19H15F6NO3/c1-11(26(17(28)29)10-12-5-3-2-4-6-12)16(27)13-7-14(18(20,21)22)9-15(8-13)19(23,24)25/h2-9,11H,10H2,1H3,(H,28,29)/t11-/m0/s1. The first-order valence-corrected chi connectivity index (χ1v) is 8.18. The minimum Gasteiger partial charge on any atom is -0.465 e. The average Bonchev–Trinajstić information content (AvgIpc) is 2.63. The van der Waals surface area contributed by atoms with Gasteiger partial charge in [-0.2, -0.15) is 26.3 Å². The van der Waals surface area contributed by atoms with Crippen LogP contribution in [0.5, 0.6) is 0 Å². The Labute approximate surface area is 161 Å². The van der Waals surface area contributed by atoms with Crippen molar-refractivity contribution in [2.24, 2.45) is 0 Å². The zero-order valence-electron chi connectivity index (χ0n) is 14.9. The molecule has 10 heteroatoms. The fourth-order valence-electron chi connectivity index (χ4n) is 2.63. The first-order valence-electron chi connectivity index (χ1n) is 8.18. The van der Waals surface area contributed by atoms with E-state index in [0.717, 1.165) is 6.92 Å². The van der Waals surface area contributed by atoms with Gasteiger partial charge in [-0.05, 0) is 30.7 Å². The molecule has 0 bridgehead atoms. The third-order valence-corrected chi connectivity index (χ3v) is 4.16. The number of carbonyl (C=O) groups is 2. The van der Waals surface area contributed by atoms with E-state index in [2.05, 4.69) is 0 Å². The highest BCUT2D eigenvalue weighted by molar-refractivity contribution is 6.01. The van der Waals surface area contributed by atoms with E-state index in [1.165, 1.54) is 0 Å². The molecule has 156 valence electrons. The number of carboxylic acid groups (broad SMARTS) is 1. The maximum absolute atomic E-state index is 13.0. The van der Waals surface area contributed by atoms with Crippen LogP contribution in [0.1, 0.15) is 34.0 Å². The van der Waals surface area contributed by atoms with Crippen molar-refractivity contribution >= 4 is 11.9 Å². The topological polar surface area (TPSA) is 57.6 Å². The molecule has 2 aromatic rings. The number of hydrogen-bond acceptors (Lipinski definition) is 2. The molecule has 2 rings (SSSR count). The molecule has 0 saturated carbocycles. The van der Waals surface area contributed by atoms with Crippen LogP contribution in [0.2, 0.25) is 0 Å². The summed E-state index contributed by atoms with van der Waals surface area (Å²) in [5.74, 6) is -1.18. The van der Waals surface area contributed by atoms with Crippen molar-refractivity contribution in [2.75, 3.05) is 0 Å². The predicted molar refractivity (Wildman–Crippen MR) is 90.2 cm³/mol. The summed E-state index contributed by atoms with van der Waals surface area (Å²) < 4.78 is 78.0. The van der Waals surface area contributed by atoms with Crippen molar-refractivity contribution < 1.29 is 41.0 Å². The smallest absolute Gasteiger partial charge is 0.416 e. The minimum atomic E-state index is -5.12. The molecule has 29 heavy (non-hydrogen) atoms. The molecule has 2 aromatic carbocycles. The number of rotatable bonds is 5. The summed E-state index contributed by atoms with van der Waals surface area (Å²) in [5.41, 5.74) is -3.67. The second-order valence-electron chi connectivity index (χ2n) is 6.23. The second kappa shape index (κ2) is 8.14. The van der Waals surface area contributed by atoms with E-state index < -0.39 is 47.0 Å². The lowest BCUT2D eigenvalue weighted by molar-refractivity contribution is -0.143. The Hall–Kier alpha value is -3.04. The van der Waals surface area contributed by atoms with Gasteiger partial charge in [0.15, 0.2) is 5.78 Å². The fraction of sp³-hybridized carbons (Fsp3) is 0.263. The van der Waals surface area contributed by atoms with Gasteiger partial charge in [0.1, 0.15) is 0 Å². The lowest BCUT2D eigenvalue weighted by atomic mass is 9.98. The third-order valence-electron chi connectivity index (χ3n) is 4.16. The van der Waals surface area contributed by atoms with Crippen molar-refractivity contribution in [1.82, 2.24) is 4.90 Å². The Bertz CT molecular complexity index is 861. The van der Waals surface area contributed by atoms with E-state index in [1.807, 2.05) is 0 Å². The lowest BCUT2D eigenvalue weighted by Gasteiger charge is -2.26. The van der Waals surface area contributed by atoms with Crippen molar-refractivity contribution in [2.45, 2.75) is 31.9 Å². The zero-order chi connectivity index (χ0) is 22.0. The van der Waals surface area contributed by atoms with Gasteiger partial charge in [0, 0.05) is 12.1 Å². The number of halogens is 6. The summed E-state index contributed by atoms with van der Waals surface area (Å²) in [6, 6.07) is 7.00. The largest absolute Gasteiger partial charge is 0.465 e. The average molecular weight is 419 g/mol. The van der Waals surface area contributed by atoms with Crippen LogP contribution in [0.25, 0.3) is 0 Å². The van der Waals surface area contributed by atoms with E-state index in [9.17, 15) is 41.0 Å². The van der Waals surface area contributed by atoms with E-state index in [4.69, 9.17) is 0 Å². The molecule has 0 aliphatic heterocycles. The summed E-state index contributed by atoms with van der Waals surface area (Å²) >= 11 is 0. The zero-order valence-corrected chi connectivity index (χ0v) is 14.9. The van der Waals surface area contributed by atoms with Gasteiger partial charge >= 0.3 is 18.4 Å². The highest BCUT2D eigenvalue weighted by atomic mass is 19.4. The molecule has 1 amide bonds. The second-order valence-corrected chi connectivity index (χ2v) is 6.23. The third kappa shape index (κ3) is 5.49. The Morgan fingerprint density at radius 1 is 0.931 bits per heavy atom. The summed E-state index contributed by atoms with van der Waals surface area (Å²) in [6.07, 6.45) is -11.8. The van der Waals surface area contributed by atoms with Crippen molar-refractivity contribution in [3.63, 3.8) is 0 Å². The number of alkyl halides is 6. The first kappa shape index (κ1) is 22.3. The SMILES string of the molecule is C[C@@H](C(=O)c1cc(C(F)(F)F)cc(C(F)(F)F)c1)N(Cc1ccccc1)C(=O)O. The molecule has 0 heterocycles. The van der Waals surface area contributed by atoms with Gasteiger partial charge < -0.3 is 5.11 Å². The molecule has 4 nitrogen and oxygen atoms in total. The summed E-state index contributed by atoms with van der Waals surface area (Å²) in [4.78, 5) is 24.8. The molecule has 0 spiro atoms. The van der Waals surface area contributed by atoms with Crippen LogP contribution in [0.3, 0.4) is 0 Å². The number of benzene rings is 2. The molecule has 0 radical (unpaired) electrons. The highest BCUT2D eigenvalue weighted by Gasteiger charge is 2.38. The molecular weight excluding hydrogens is 404 g/mol. The molecule has 1 atom stereocenters. The predicted octanol–water partition coefficient (Wildman–Crippen LogP) is 5.48. The van der Waals surface area contributed by atoms with E-state index in [-0.39, 0.29) is 24.7 Å². The van der Waals surface area contributed by atoms with Gasteiger partial charge in [-0.25, -0.2) is 4.79 Å². The number of amides is 1. The van der Waals surface area contributed by atoms with Gasteiger partial charge in [-0.1, -0.05) is 30.3 Å². The van der Waals surface area contributed by atoms with Gasteiger partial charge in [0.05, 0.1) is 17.2 Å². The van der Waals surface area contributed by atoms with Gasteiger partial charge in [0.2, 0.25) is 0 Å². The highest BCUT2D eigenvalue weighted by Crippen LogP contribution is 2.36. The number of Topliss-reactive ketones (excluding diaryl/α,β-unsaturated/α-hetero) is 1. The van der Waals surface area contributed by atoms with Crippen LogP contribution in [0.4, 0.5) is 31.1 Å². The maximum atomic E-state index is 13.0. The number of carbonyl (C=O) groups excluding carboxylic acids is 1.